The van der Waals surface area contributed by atoms with Gasteiger partial charge < -0.3 is 108 Å². The van der Waals surface area contributed by atoms with Crippen molar-refractivity contribution >= 4 is 33.9 Å². The highest BCUT2D eigenvalue weighted by atomic mass is 16.7. The second-order valence-corrected chi connectivity index (χ2v) is 25.5. The first-order valence-electron chi connectivity index (χ1n) is 31.1. The van der Waals surface area contributed by atoms with Gasteiger partial charge in [0, 0.05) is 72.9 Å². The maximum Gasteiger partial charge on any atom is 0.202 e. The fraction of sp³-hybridized carbons (Fsp3) is 0.606. The minimum absolute atomic E-state index is 0.0365. The van der Waals surface area contributed by atoms with Crippen molar-refractivity contribution in [3.05, 3.63) is 99.6 Å². The van der Waals surface area contributed by atoms with E-state index < -0.39 is 176 Å². The molecule has 26 heteroatoms. The van der Waals surface area contributed by atoms with Crippen molar-refractivity contribution in [2.24, 2.45) is 5.92 Å². The summed E-state index contributed by atoms with van der Waals surface area (Å²) in [6.45, 7) is 12.1. The molecule has 25 atom stereocenters. The minimum atomic E-state index is -1.95. The Balaban J connectivity index is 0.000000498. The number of hydrogen-bond acceptors (Lipinski definition) is 26. The molecule has 2 aliphatic carbocycles. The second kappa shape index (κ2) is 28.0. The molecule has 0 saturated carbocycles. The first kappa shape index (κ1) is 69.3. The van der Waals surface area contributed by atoms with Gasteiger partial charge in [-0.05, 0) is 84.9 Å². The standard InChI is InChI=1S/C52H76O24.C14H8O2/c1-18-29(72-34-14-30(43(58)21(4)68-34)73-33-13-28(54)42(57)20(3)67-33)12-26-10-25-11-27(49(66-9)48(63)41(56)19(2)53)50(47(62)39(25)46(61)38(26)40(18)55)76-36-16-31(44(59)23(6)70-36)74-35-15-32(45(60)22(5)69-35)75-37-17-52(8,65)51(64)24(7)71-37;15-13-9-5-1-2-6-10(9)14(16)12-8-4-3-7-11(12)13/h10,12,19-24,27-28,30-37,41-45,49-51,53-61,64-65H,11,13-17H2,1-9H3;1-8H/t19-,20-,21-,22-,23-,24-,27+,28-,30-,31-,32-,33+,34+,35+,36+,37+,41+,42-,43-,44-,45+,49+,50+,51-,52+;/m1./s1. The van der Waals surface area contributed by atoms with E-state index in [1.165, 1.54) is 46.9 Å². The average molecular weight is 1290 g/mol. The van der Waals surface area contributed by atoms with Gasteiger partial charge in [-0.2, -0.15) is 0 Å². The normalized spacial score (nSPS) is 37.4. The van der Waals surface area contributed by atoms with Crippen molar-refractivity contribution in [1.29, 1.82) is 0 Å². The van der Waals surface area contributed by atoms with Crippen molar-refractivity contribution in [3.8, 4) is 17.2 Å². The van der Waals surface area contributed by atoms with Crippen LogP contribution in [0, 0.1) is 12.8 Å². The Hall–Kier alpha value is -5.54. The van der Waals surface area contributed by atoms with E-state index in [4.69, 9.17) is 52.1 Å². The highest BCUT2D eigenvalue weighted by Crippen LogP contribution is 2.48. The lowest BCUT2D eigenvalue weighted by molar-refractivity contribution is -0.334. The molecule has 92 heavy (non-hydrogen) atoms. The van der Waals surface area contributed by atoms with Gasteiger partial charge in [0.15, 0.2) is 48.3 Å². The van der Waals surface area contributed by atoms with Gasteiger partial charge in [-0.15, -0.1) is 0 Å². The van der Waals surface area contributed by atoms with Crippen LogP contribution in [-0.2, 0) is 58.6 Å². The maximum atomic E-state index is 15.0. The molecule has 4 aromatic rings. The number of benzene rings is 4. The summed E-state index contributed by atoms with van der Waals surface area (Å²) in [4.78, 5) is 53.1. The number of phenols is 2. The number of Topliss-reactive ketones (excluding diaryl/α,β-unsaturated/α-hetero) is 2. The van der Waals surface area contributed by atoms with E-state index in [-0.39, 0.29) is 83.3 Å². The second-order valence-electron chi connectivity index (χ2n) is 25.5. The molecule has 5 heterocycles. The quantitative estimate of drug-likeness (QED) is 0.0716. The molecule has 0 amide bonds. The van der Waals surface area contributed by atoms with Crippen molar-refractivity contribution < 1.29 is 127 Å². The van der Waals surface area contributed by atoms with Crippen LogP contribution in [0.5, 0.6) is 17.2 Å². The molecular formula is C66H84O26. The predicted molar refractivity (Wildman–Crippen MR) is 318 cm³/mol. The molecule has 7 aliphatic rings. The molecule has 26 nitrogen and oxygen atoms in total. The summed E-state index contributed by atoms with van der Waals surface area (Å²) >= 11 is 0. The van der Waals surface area contributed by atoms with Gasteiger partial charge in [0.2, 0.25) is 6.29 Å². The summed E-state index contributed by atoms with van der Waals surface area (Å²) in [5.41, 5.74) is 0.550. The highest BCUT2D eigenvalue weighted by molar-refractivity contribution is 6.28. The fourth-order valence-electron chi connectivity index (χ4n) is 13.4. The lowest BCUT2D eigenvalue weighted by Gasteiger charge is -2.46. The van der Waals surface area contributed by atoms with E-state index in [2.05, 4.69) is 0 Å². The number of carbonyl (C=O) groups is 4. The van der Waals surface area contributed by atoms with Gasteiger partial charge in [-0.1, -0.05) is 48.5 Å². The van der Waals surface area contributed by atoms with Crippen LogP contribution in [0.25, 0.3) is 10.8 Å². The largest absolute Gasteiger partial charge is 0.507 e. The molecule has 5 saturated heterocycles. The number of aromatic hydroxyl groups is 2. The number of aliphatic hydroxyl groups excluding tert-OH is 8. The van der Waals surface area contributed by atoms with E-state index in [0.717, 1.165) is 0 Å². The van der Waals surface area contributed by atoms with E-state index in [1.54, 1.807) is 76.2 Å². The molecule has 11 rings (SSSR count). The first-order valence-corrected chi connectivity index (χ1v) is 31.1. The van der Waals surface area contributed by atoms with Gasteiger partial charge in [-0.25, -0.2) is 0 Å². The number of ether oxygens (including phenoxy) is 11. The summed E-state index contributed by atoms with van der Waals surface area (Å²) in [5.74, 6) is -4.20. The van der Waals surface area contributed by atoms with Crippen molar-refractivity contribution in [2.45, 2.75) is 241 Å². The van der Waals surface area contributed by atoms with E-state index in [9.17, 15) is 70.6 Å². The monoisotopic (exact) mass is 1290 g/mol. The summed E-state index contributed by atoms with van der Waals surface area (Å²) in [6, 6.07) is 16.9. The van der Waals surface area contributed by atoms with Crippen molar-refractivity contribution in [1.82, 2.24) is 0 Å². The zero-order valence-corrected chi connectivity index (χ0v) is 52.4. The van der Waals surface area contributed by atoms with Crippen LogP contribution in [0.15, 0.2) is 60.7 Å². The molecule has 0 unspecified atom stereocenters. The lowest BCUT2D eigenvalue weighted by atomic mass is 9.75. The van der Waals surface area contributed by atoms with E-state index >= 15 is 4.79 Å². The summed E-state index contributed by atoms with van der Waals surface area (Å²) < 4.78 is 66.5. The van der Waals surface area contributed by atoms with Crippen molar-refractivity contribution in [2.75, 3.05) is 7.11 Å². The summed E-state index contributed by atoms with van der Waals surface area (Å²) in [6.07, 6.45) is -27.0. The van der Waals surface area contributed by atoms with Crippen molar-refractivity contribution in [3.63, 3.8) is 0 Å². The third-order valence-electron chi connectivity index (χ3n) is 18.7. The Morgan fingerprint density at radius 3 is 1.53 bits per heavy atom. The summed E-state index contributed by atoms with van der Waals surface area (Å²) in [7, 11) is 1.18. The number of carbonyl (C=O) groups excluding carboxylic acids is 4. The number of hydrogen-bond donors (Lipinski definition) is 11. The van der Waals surface area contributed by atoms with Crippen LogP contribution >= 0.6 is 0 Å². The zero-order valence-electron chi connectivity index (χ0n) is 52.4. The SMILES string of the molecule is CO[C@H](C(=O)[C@@H](O)[C@@H](C)O)[C@@H]1Cc2cc3cc(O[C@H]4C[C@@H](O[C@H]5C[C@@H](O)[C@H](O)[C@@H](C)O5)[C@H](O)[C@@H](C)O4)c(C)c(O)c3c(O)c2C(=O)[C@H]1O[C@H]1C[C@@H](O[C@H]2C[C@@H](O[C@H]3C[C@](C)(O)[C@H](O)[C@@H](C)O3)[C@@H](O)[C@@H](C)O2)[C@H](O)[C@@H](C)O1.O=C1c2ccccc2C(=O)c2ccccc21. The first-order chi connectivity index (χ1) is 43.5. The highest BCUT2D eigenvalue weighted by Gasteiger charge is 2.52. The third kappa shape index (κ3) is 13.9. The molecular weight excluding hydrogens is 1210 g/mol. The van der Waals surface area contributed by atoms with Crippen LogP contribution in [0.1, 0.15) is 134 Å². The Morgan fingerprint density at radius 1 is 0.609 bits per heavy atom. The summed E-state index contributed by atoms with van der Waals surface area (Å²) in [5, 5.41) is 120. The smallest absolute Gasteiger partial charge is 0.202 e. The molecule has 504 valence electrons. The van der Waals surface area contributed by atoms with E-state index in [1.807, 2.05) is 0 Å². The van der Waals surface area contributed by atoms with Crippen LogP contribution in [0.4, 0.5) is 0 Å². The maximum absolute atomic E-state index is 15.0. The molecule has 0 spiro atoms. The Kier molecular flexibility index (Phi) is 21.1. The number of phenolic OH excluding ortho intramolecular Hbond substituents is 2. The Bertz CT molecular complexity index is 3220. The molecule has 5 fully saturated rings. The van der Waals surface area contributed by atoms with Crippen LogP contribution < -0.4 is 4.74 Å². The lowest BCUT2D eigenvalue weighted by Crippen LogP contribution is -2.58. The minimum Gasteiger partial charge on any atom is -0.507 e. The predicted octanol–water partition coefficient (Wildman–Crippen LogP) is 2.21. The number of methoxy groups -OCH3 is 1. The number of rotatable bonds is 15. The Labute approximate surface area is 530 Å². The van der Waals surface area contributed by atoms with Gasteiger partial charge in [0.25, 0.3) is 0 Å². The molecule has 0 bridgehead atoms. The molecule has 11 N–H and O–H groups in total. The Morgan fingerprint density at radius 2 is 1.05 bits per heavy atom. The molecule has 4 aromatic carbocycles. The molecule has 0 aromatic heterocycles. The van der Waals surface area contributed by atoms with Crippen LogP contribution in [0.3, 0.4) is 0 Å². The average Bonchev–Trinajstić information content (AvgIpc) is 0.763. The third-order valence-corrected chi connectivity index (χ3v) is 18.7. The van der Waals surface area contributed by atoms with Gasteiger partial charge in [-0.3, -0.25) is 19.2 Å². The fourth-order valence-corrected chi connectivity index (χ4v) is 13.4. The number of fused-ring (bicyclic) bond motifs is 4. The number of aliphatic hydroxyl groups is 9. The van der Waals surface area contributed by atoms with Gasteiger partial charge >= 0.3 is 0 Å². The zero-order chi connectivity index (χ0) is 66.7. The van der Waals surface area contributed by atoms with Gasteiger partial charge in [0.1, 0.15) is 66.1 Å². The van der Waals surface area contributed by atoms with Crippen LogP contribution in [-0.4, -0.2) is 233 Å². The molecule has 0 radical (unpaired) electrons. The van der Waals surface area contributed by atoms with Gasteiger partial charge in [0.05, 0.1) is 77.6 Å². The van der Waals surface area contributed by atoms with Crippen LogP contribution in [0.2, 0.25) is 0 Å². The number of ketones is 4. The van der Waals surface area contributed by atoms with E-state index in [0.29, 0.717) is 22.3 Å². The molecule has 5 aliphatic heterocycles. The topological polar surface area (TPSA) is 392 Å².